The number of halogens is 5. The number of nitrogens with zero attached hydrogens (tertiary/aromatic N) is 1. The van der Waals surface area contributed by atoms with Gasteiger partial charge >= 0.3 is 6.18 Å². The lowest BCUT2D eigenvalue weighted by Crippen LogP contribution is -2.39. The van der Waals surface area contributed by atoms with Crippen LogP contribution in [0, 0.1) is 6.92 Å². The lowest BCUT2D eigenvalue weighted by atomic mass is 10.1. The molecule has 0 aliphatic carbocycles. The molecule has 4 nitrogen and oxygen atoms in total. The maximum absolute atomic E-state index is 12.3. The van der Waals surface area contributed by atoms with Crippen molar-refractivity contribution in [3.8, 4) is 5.75 Å². The Kier molecular flexibility index (Phi) is 7.05. The molecule has 0 fully saturated rings. The summed E-state index contributed by atoms with van der Waals surface area (Å²) >= 11 is 0. The molecule has 1 aromatic carbocycles. The van der Waals surface area contributed by atoms with E-state index in [9.17, 15) is 22.0 Å². The molecule has 2 N–H and O–H groups in total. The van der Waals surface area contributed by atoms with Crippen molar-refractivity contribution < 1.29 is 26.7 Å². The summed E-state index contributed by atoms with van der Waals surface area (Å²) in [6.07, 6.45) is -6.98. The molecule has 0 atom stereocenters. The largest absolute Gasteiger partial charge is 0.484 e. The minimum absolute atomic E-state index is 0.0797. The van der Waals surface area contributed by atoms with Gasteiger partial charge in [0.2, 0.25) is 0 Å². The fraction of sp³-hybridized carbons (Fsp3) is 0.500. The molecule has 1 rings (SSSR count). The minimum Gasteiger partial charge on any atom is -0.484 e. The lowest BCUT2D eigenvalue weighted by Gasteiger charge is -2.16. The predicted octanol–water partition coefficient (Wildman–Crippen LogP) is 2.87. The van der Waals surface area contributed by atoms with Gasteiger partial charge in [-0.1, -0.05) is 12.1 Å². The van der Waals surface area contributed by atoms with Gasteiger partial charge in [-0.25, -0.2) is 8.78 Å². The van der Waals surface area contributed by atoms with Gasteiger partial charge in [0.25, 0.3) is 6.43 Å². The fourth-order valence-corrected chi connectivity index (χ4v) is 1.68. The molecule has 0 aromatic heterocycles. The molecule has 0 radical (unpaired) electrons. The van der Waals surface area contributed by atoms with Gasteiger partial charge in [-0.3, -0.25) is 4.99 Å². The lowest BCUT2D eigenvalue weighted by molar-refractivity contribution is -0.153. The van der Waals surface area contributed by atoms with Crippen LogP contribution < -0.4 is 15.4 Å². The second-order valence-electron chi connectivity index (χ2n) is 4.71. The van der Waals surface area contributed by atoms with Gasteiger partial charge in [0.15, 0.2) is 12.6 Å². The monoisotopic (exact) mass is 339 g/mol. The topological polar surface area (TPSA) is 45.7 Å². The van der Waals surface area contributed by atoms with Gasteiger partial charge in [0.1, 0.15) is 5.75 Å². The maximum atomic E-state index is 12.3. The normalized spacial score (nSPS) is 12.4. The third-order valence-corrected chi connectivity index (χ3v) is 2.71. The summed E-state index contributed by atoms with van der Waals surface area (Å²) < 4.78 is 65.9. The maximum Gasteiger partial charge on any atom is 0.422 e. The van der Waals surface area contributed by atoms with E-state index in [1.807, 2.05) is 0 Å². The smallest absolute Gasteiger partial charge is 0.422 e. The predicted molar refractivity (Wildman–Crippen MR) is 76.9 cm³/mol. The van der Waals surface area contributed by atoms with Gasteiger partial charge in [-0.2, -0.15) is 13.2 Å². The van der Waals surface area contributed by atoms with Gasteiger partial charge in [0, 0.05) is 19.2 Å². The van der Waals surface area contributed by atoms with Gasteiger partial charge in [-0.05, 0) is 18.6 Å². The van der Waals surface area contributed by atoms with Crippen LogP contribution in [0.2, 0.25) is 0 Å². The Morgan fingerprint density at radius 3 is 2.52 bits per heavy atom. The molecular weight excluding hydrogens is 321 g/mol. The Balaban J connectivity index is 2.71. The number of ether oxygens (including phenoxy) is 1. The molecule has 0 spiro atoms. The van der Waals surface area contributed by atoms with Crippen LogP contribution in [0.3, 0.4) is 0 Å². The van der Waals surface area contributed by atoms with E-state index in [1.165, 1.54) is 13.1 Å². The number of aryl methyl sites for hydroxylation is 1. The molecule has 0 saturated heterocycles. The zero-order valence-electron chi connectivity index (χ0n) is 12.7. The van der Waals surface area contributed by atoms with Crippen molar-refractivity contribution in [3.05, 3.63) is 29.3 Å². The summed E-state index contributed by atoms with van der Waals surface area (Å²) in [5.74, 6) is 0.201. The van der Waals surface area contributed by atoms with Crippen molar-refractivity contribution in [3.63, 3.8) is 0 Å². The van der Waals surface area contributed by atoms with E-state index in [4.69, 9.17) is 4.74 Å². The highest BCUT2D eigenvalue weighted by atomic mass is 19.4. The van der Waals surface area contributed by atoms with E-state index in [1.54, 1.807) is 19.1 Å². The first-order valence-corrected chi connectivity index (χ1v) is 6.73. The molecule has 0 saturated carbocycles. The van der Waals surface area contributed by atoms with Crippen LogP contribution in [-0.4, -0.2) is 38.8 Å². The summed E-state index contributed by atoms with van der Waals surface area (Å²) in [5.41, 5.74) is 1.20. The second kappa shape index (κ2) is 8.54. The highest BCUT2D eigenvalue weighted by Crippen LogP contribution is 2.23. The molecule has 0 unspecified atom stereocenters. The zero-order valence-corrected chi connectivity index (χ0v) is 12.7. The van der Waals surface area contributed by atoms with E-state index in [0.29, 0.717) is 5.56 Å². The zero-order chi connectivity index (χ0) is 17.5. The summed E-state index contributed by atoms with van der Waals surface area (Å²) in [6, 6.07) is 4.80. The standard InChI is InChI=1S/C14H18F5N3O/c1-9-3-4-10(11(5-9)23-8-14(17,18)19)6-21-13(20-2)22-7-12(15)16/h3-5,12H,6-8H2,1-2H3,(H2,20,21,22). The Morgan fingerprint density at radius 2 is 1.96 bits per heavy atom. The number of hydrogen-bond donors (Lipinski definition) is 2. The first-order chi connectivity index (χ1) is 10.7. The summed E-state index contributed by atoms with van der Waals surface area (Å²) in [5, 5.41) is 5.14. The molecule has 0 aliphatic heterocycles. The first-order valence-electron chi connectivity index (χ1n) is 6.73. The first kappa shape index (κ1) is 19.0. The van der Waals surface area contributed by atoms with Crippen LogP contribution in [0.5, 0.6) is 5.75 Å². The van der Waals surface area contributed by atoms with Crippen LogP contribution in [0.25, 0.3) is 0 Å². The van der Waals surface area contributed by atoms with Crippen LogP contribution in [0.15, 0.2) is 23.2 Å². The molecule has 23 heavy (non-hydrogen) atoms. The number of aliphatic imine (C=N–C) groups is 1. The van der Waals surface area contributed by atoms with E-state index in [0.717, 1.165) is 5.56 Å². The quantitative estimate of drug-likeness (QED) is 0.476. The summed E-state index contributed by atoms with van der Waals surface area (Å²) in [4.78, 5) is 3.75. The summed E-state index contributed by atoms with van der Waals surface area (Å²) in [6.45, 7) is -0.177. The van der Waals surface area contributed by atoms with Crippen molar-refractivity contribution >= 4 is 5.96 Å². The Labute approximate surface area is 130 Å². The molecule has 0 bridgehead atoms. The molecule has 0 amide bonds. The van der Waals surface area contributed by atoms with E-state index >= 15 is 0 Å². The molecule has 0 heterocycles. The van der Waals surface area contributed by atoms with Gasteiger partial charge < -0.3 is 15.4 Å². The number of rotatable bonds is 6. The van der Waals surface area contributed by atoms with Crippen LogP contribution in [0.4, 0.5) is 22.0 Å². The van der Waals surface area contributed by atoms with Crippen molar-refractivity contribution in [2.24, 2.45) is 4.99 Å². The molecular formula is C14H18F5N3O. The third kappa shape index (κ3) is 7.66. The summed E-state index contributed by atoms with van der Waals surface area (Å²) in [7, 11) is 1.40. The molecule has 0 aliphatic rings. The van der Waals surface area contributed by atoms with Crippen molar-refractivity contribution in [1.82, 2.24) is 10.6 Å². The van der Waals surface area contributed by atoms with Crippen LogP contribution >= 0.6 is 0 Å². The number of hydrogen-bond acceptors (Lipinski definition) is 2. The number of benzene rings is 1. The number of guanidine groups is 1. The number of alkyl halides is 5. The Hall–Kier alpha value is -2.06. The fourth-order valence-electron chi connectivity index (χ4n) is 1.68. The highest BCUT2D eigenvalue weighted by molar-refractivity contribution is 5.79. The molecule has 1 aromatic rings. The Morgan fingerprint density at radius 1 is 1.26 bits per heavy atom. The van der Waals surface area contributed by atoms with E-state index < -0.39 is 25.8 Å². The SMILES string of the molecule is CN=C(NCc1ccc(C)cc1OCC(F)(F)F)NCC(F)F. The van der Waals surface area contributed by atoms with E-state index in [2.05, 4.69) is 15.6 Å². The Bertz CT molecular complexity index is 532. The third-order valence-electron chi connectivity index (χ3n) is 2.71. The van der Waals surface area contributed by atoms with Crippen LogP contribution in [-0.2, 0) is 6.54 Å². The van der Waals surface area contributed by atoms with Crippen molar-refractivity contribution in [2.75, 3.05) is 20.2 Å². The van der Waals surface area contributed by atoms with Crippen molar-refractivity contribution in [1.29, 1.82) is 0 Å². The highest BCUT2D eigenvalue weighted by Gasteiger charge is 2.28. The minimum atomic E-state index is -4.44. The average molecular weight is 339 g/mol. The molecule has 9 heteroatoms. The van der Waals surface area contributed by atoms with Gasteiger partial charge in [0.05, 0.1) is 6.54 Å². The van der Waals surface area contributed by atoms with Crippen molar-refractivity contribution in [2.45, 2.75) is 26.1 Å². The average Bonchev–Trinajstić information content (AvgIpc) is 2.45. The second-order valence-corrected chi connectivity index (χ2v) is 4.71. The number of nitrogens with one attached hydrogen (secondary N) is 2. The van der Waals surface area contributed by atoms with Gasteiger partial charge in [-0.15, -0.1) is 0 Å². The molecule has 130 valence electrons. The van der Waals surface area contributed by atoms with Crippen LogP contribution in [0.1, 0.15) is 11.1 Å². The van der Waals surface area contributed by atoms with E-state index in [-0.39, 0.29) is 18.3 Å².